The molecular formula is C14H24N4. The Hall–Kier alpha value is -1.16. The number of aromatic nitrogens is 2. The van der Waals surface area contributed by atoms with Gasteiger partial charge >= 0.3 is 0 Å². The van der Waals surface area contributed by atoms with Crippen LogP contribution in [0.4, 0.5) is 5.82 Å². The first-order valence-electron chi connectivity index (χ1n) is 7.10. The first-order valence-corrected chi connectivity index (χ1v) is 7.10. The second kappa shape index (κ2) is 6.69. The van der Waals surface area contributed by atoms with Crippen molar-refractivity contribution in [3.63, 3.8) is 0 Å². The van der Waals surface area contributed by atoms with Crippen LogP contribution in [0.1, 0.15) is 44.7 Å². The molecule has 1 saturated heterocycles. The zero-order chi connectivity index (χ0) is 12.8. The van der Waals surface area contributed by atoms with E-state index in [1.807, 2.05) is 0 Å². The van der Waals surface area contributed by atoms with Crippen molar-refractivity contribution in [3.8, 4) is 0 Å². The lowest BCUT2D eigenvalue weighted by Gasteiger charge is -2.23. The molecule has 1 aliphatic heterocycles. The van der Waals surface area contributed by atoms with Gasteiger partial charge in [0, 0.05) is 32.0 Å². The molecule has 18 heavy (non-hydrogen) atoms. The third kappa shape index (κ3) is 3.19. The van der Waals surface area contributed by atoms with Crippen molar-refractivity contribution in [2.75, 3.05) is 18.0 Å². The highest BCUT2D eigenvalue weighted by Gasteiger charge is 2.19. The first-order chi connectivity index (χ1) is 8.85. The molecule has 0 amide bonds. The number of anilines is 1. The summed E-state index contributed by atoms with van der Waals surface area (Å²) in [5.74, 6) is 1.88. The van der Waals surface area contributed by atoms with Crippen LogP contribution in [0.5, 0.6) is 0 Å². The van der Waals surface area contributed by atoms with Crippen LogP contribution < -0.4 is 10.6 Å². The maximum absolute atomic E-state index is 5.74. The van der Waals surface area contributed by atoms with Crippen LogP contribution in [0.2, 0.25) is 0 Å². The molecule has 1 aromatic heterocycles. The lowest BCUT2D eigenvalue weighted by molar-refractivity contribution is 0.435. The Kier molecular flexibility index (Phi) is 4.93. The molecule has 0 bridgehead atoms. The third-order valence-electron chi connectivity index (χ3n) is 3.79. The van der Waals surface area contributed by atoms with Gasteiger partial charge in [0.05, 0.1) is 5.69 Å². The van der Waals surface area contributed by atoms with Gasteiger partial charge in [-0.3, -0.25) is 4.98 Å². The van der Waals surface area contributed by atoms with Gasteiger partial charge in [-0.15, -0.1) is 0 Å². The van der Waals surface area contributed by atoms with Crippen LogP contribution in [0.15, 0.2) is 12.4 Å². The summed E-state index contributed by atoms with van der Waals surface area (Å²) in [6.45, 7) is 4.93. The molecule has 1 aliphatic rings. The smallest absolute Gasteiger partial charge is 0.151 e. The van der Waals surface area contributed by atoms with Crippen LogP contribution in [-0.2, 0) is 6.54 Å². The third-order valence-corrected chi connectivity index (χ3v) is 3.79. The quantitative estimate of drug-likeness (QED) is 0.888. The number of rotatable bonds is 4. The lowest BCUT2D eigenvalue weighted by atomic mass is 9.96. The van der Waals surface area contributed by atoms with Gasteiger partial charge in [0.1, 0.15) is 0 Å². The van der Waals surface area contributed by atoms with Crippen LogP contribution in [0.3, 0.4) is 0 Å². The minimum absolute atomic E-state index is 0.470. The number of hydrogen-bond donors (Lipinski definition) is 1. The van der Waals surface area contributed by atoms with Gasteiger partial charge in [-0.2, -0.15) is 0 Å². The average Bonchev–Trinajstić information content (AvgIpc) is 2.65. The van der Waals surface area contributed by atoms with Crippen molar-refractivity contribution in [2.24, 2.45) is 11.7 Å². The van der Waals surface area contributed by atoms with E-state index in [1.165, 1.54) is 32.1 Å². The molecule has 0 aromatic carbocycles. The Labute approximate surface area is 110 Å². The molecule has 0 radical (unpaired) electrons. The normalized spacial score (nSPS) is 20.8. The Morgan fingerprint density at radius 3 is 2.89 bits per heavy atom. The van der Waals surface area contributed by atoms with Gasteiger partial charge in [-0.05, 0) is 25.2 Å². The molecule has 1 unspecified atom stereocenters. The van der Waals surface area contributed by atoms with Gasteiger partial charge < -0.3 is 10.6 Å². The molecule has 1 atom stereocenters. The Morgan fingerprint density at radius 2 is 2.11 bits per heavy atom. The number of nitrogens with zero attached hydrogens (tertiary/aromatic N) is 3. The SMILES string of the molecule is CCCC1CCCN(c2nccnc2CN)CC1. The Bertz CT molecular complexity index is 367. The number of nitrogens with two attached hydrogens (primary N) is 1. The zero-order valence-corrected chi connectivity index (χ0v) is 11.3. The van der Waals surface area contributed by atoms with Crippen molar-refractivity contribution in [1.29, 1.82) is 0 Å². The fraction of sp³-hybridized carbons (Fsp3) is 0.714. The fourth-order valence-electron chi connectivity index (χ4n) is 2.84. The predicted octanol–water partition coefficient (Wildman–Crippen LogP) is 2.34. The summed E-state index contributed by atoms with van der Waals surface area (Å²) in [5, 5.41) is 0. The molecule has 1 aromatic rings. The molecule has 2 N–H and O–H groups in total. The van der Waals surface area contributed by atoms with E-state index in [2.05, 4.69) is 21.8 Å². The van der Waals surface area contributed by atoms with Gasteiger partial charge in [0.2, 0.25) is 0 Å². The molecule has 0 spiro atoms. The maximum Gasteiger partial charge on any atom is 0.151 e. The van der Waals surface area contributed by atoms with E-state index in [9.17, 15) is 0 Å². The fourth-order valence-corrected chi connectivity index (χ4v) is 2.84. The maximum atomic E-state index is 5.74. The van der Waals surface area contributed by atoms with Gasteiger partial charge in [0.25, 0.3) is 0 Å². The standard InChI is InChI=1S/C14H24N4/c1-2-4-12-5-3-9-18(10-6-12)14-13(11-15)16-7-8-17-14/h7-8,12H,2-6,9-11,15H2,1H3. The van der Waals surface area contributed by atoms with Crippen molar-refractivity contribution in [1.82, 2.24) is 9.97 Å². The molecule has 0 saturated carbocycles. The first kappa shape index (κ1) is 13.3. The van der Waals surface area contributed by atoms with Crippen LogP contribution >= 0.6 is 0 Å². The summed E-state index contributed by atoms with van der Waals surface area (Å²) < 4.78 is 0. The van der Waals surface area contributed by atoms with Crippen LogP contribution in [0.25, 0.3) is 0 Å². The highest BCUT2D eigenvalue weighted by molar-refractivity contribution is 5.43. The Balaban J connectivity index is 2.05. The monoisotopic (exact) mass is 248 g/mol. The molecule has 2 rings (SSSR count). The minimum Gasteiger partial charge on any atom is -0.355 e. The van der Waals surface area contributed by atoms with E-state index in [1.54, 1.807) is 12.4 Å². The zero-order valence-electron chi connectivity index (χ0n) is 11.3. The van der Waals surface area contributed by atoms with Crippen LogP contribution in [0, 0.1) is 5.92 Å². The van der Waals surface area contributed by atoms with E-state index >= 15 is 0 Å². The lowest BCUT2D eigenvalue weighted by Crippen LogP contribution is -2.27. The summed E-state index contributed by atoms with van der Waals surface area (Å²) in [6, 6.07) is 0. The van der Waals surface area contributed by atoms with E-state index in [0.717, 1.165) is 30.5 Å². The van der Waals surface area contributed by atoms with Crippen molar-refractivity contribution in [3.05, 3.63) is 18.1 Å². The van der Waals surface area contributed by atoms with E-state index in [0.29, 0.717) is 6.54 Å². The second-order valence-electron chi connectivity index (χ2n) is 5.10. The molecular weight excluding hydrogens is 224 g/mol. The Morgan fingerprint density at radius 1 is 1.28 bits per heavy atom. The second-order valence-corrected chi connectivity index (χ2v) is 5.10. The molecule has 4 heteroatoms. The molecule has 4 nitrogen and oxygen atoms in total. The summed E-state index contributed by atoms with van der Waals surface area (Å²) in [6.07, 6.45) is 10.0. The minimum atomic E-state index is 0.470. The molecule has 1 fully saturated rings. The van der Waals surface area contributed by atoms with Gasteiger partial charge in [-0.25, -0.2) is 4.98 Å². The van der Waals surface area contributed by atoms with E-state index in [4.69, 9.17) is 5.73 Å². The highest BCUT2D eigenvalue weighted by atomic mass is 15.2. The van der Waals surface area contributed by atoms with Crippen LogP contribution in [-0.4, -0.2) is 23.1 Å². The van der Waals surface area contributed by atoms with Crippen molar-refractivity contribution in [2.45, 2.75) is 45.6 Å². The molecule has 100 valence electrons. The topological polar surface area (TPSA) is 55.0 Å². The van der Waals surface area contributed by atoms with E-state index in [-0.39, 0.29) is 0 Å². The largest absolute Gasteiger partial charge is 0.355 e. The van der Waals surface area contributed by atoms with Gasteiger partial charge in [0.15, 0.2) is 5.82 Å². The summed E-state index contributed by atoms with van der Waals surface area (Å²) >= 11 is 0. The predicted molar refractivity (Wildman–Crippen MR) is 74.4 cm³/mol. The van der Waals surface area contributed by atoms with Crippen molar-refractivity contribution >= 4 is 5.82 Å². The van der Waals surface area contributed by atoms with Gasteiger partial charge in [-0.1, -0.05) is 19.8 Å². The number of hydrogen-bond acceptors (Lipinski definition) is 4. The molecule has 0 aliphatic carbocycles. The summed E-state index contributed by atoms with van der Waals surface area (Å²) in [4.78, 5) is 11.2. The summed E-state index contributed by atoms with van der Waals surface area (Å²) in [7, 11) is 0. The van der Waals surface area contributed by atoms with E-state index < -0.39 is 0 Å². The highest BCUT2D eigenvalue weighted by Crippen LogP contribution is 2.25. The average molecular weight is 248 g/mol. The summed E-state index contributed by atoms with van der Waals surface area (Å²) in [5.41, 5.74) is 6.66. The molecule has 2 heterocycles. The van der Waals surface area contributed by atoms with Crippen molar-refractivity contribution < 1.29 is 0 Å².